The highest BCUT2D eigenvalue weighted by molar-refractivity contribution is 7.18. The molecule has 25 heavy (non-hydrogen) atoms. The first-order valence-electron chi connectivity index (χ1n) is 7.86. The summed E-state index contributed by atoms with van der Waals surface area (Å²) >= 11 is 1.63. The largest absolute Gasteiger partial charge is 0.350 e. The lowest BCUT2D eigenvalue weighted by molar-refractivity contribution is -0.114. The van der Waals surface area contributed by atoms with Crippen LogP contribution in [0.5, 0.6) is 0 Å². The molecule has 7 heteroatoms. The number of halogens is 1. The number of carbonyl (C=O) groups is 1. The first-order valence-corrected chi connectivity index (χ1v) is 8.67. The van der Waals surface area contributed by atoms with E-state index in [2.05, 4.69) is 22.2 Å². The van der Waals surface area contributed by atoms with Gasteiger partial charge >= 0.3 is 0 Å². The summed E-state index contributed by atoms with van der Waals surface area (Å²) in [5, 5.41) is 3.76. The smallest absolute Gasteiger partial charge is 0.243 e. The van der Waals surface area contributed by atoms with Gasteiger partial charge in [-0.15, -0.1) is 11.3 Å². The lowest BCUT2D eigenvalue weighted by Crippen LogP contribution is -2.31. The van der Waals surface area contributed by atoms with Crippen molar-refractivity contribution < 1.29 is 9.18 Å². The Morgan fingerprint density at radius 3 is 2.56 bits per heavy atom. The molecule has 2 heterocycles. The maximum absolute atomic E-state index is 12.9. The average Bonchev–Trinajstić information content (AvgIpc) is 2.83. The molecule has 5 nitrogen and oxygen atoms in total. The Kier molecular flexibility index (Phi) is 4.67. The fraction of sp³-hybridized carbons (Fsp3) is 0.278. The molecule has 0 aliphatic rings. The van der Waals surface area contributed by atoms with Gasteiger partial charge < -0.3 is 10.2 Å². The standard InChI is InChI=1S/C18H19FN4OS/c1-10-11(2)25-18-16(10)17(20-12(3)21-18)23(4)9-15(24)22-14-7-5-13(19)6-8-14/h5-8H,9H2,1-4H3,(H,22,24). The molecular formula is C18H19FN4OS. The number of benzene rings is 1. The normalized spacial score (nSPS) is 10.9. The van der Waals surface area contributed by atoms with Gasteiger partial charge in [0.15, 0.2) is 0 Å². The van der Waals surface area contributed by atoms with Crippen LogP contribution in [0.3, 0.4) is 0 Å². The summed E-state index contributed by atoms with van der Waals surface area (Å²) < 4.78 is 12.9. The van der Waals surface area contributed by atoms with Gasteiger partial charge in [-0.3, -0.25) is 4.79 Å². The molecule has 0 radical (unpaired) electrons. The summed E-state index contributed by atoms with van der Waals surface area (Å²) in [5.74, 6) is 0.897. The maximum Gasteiger partial charge on any atom is 0.243 e. The van der Waals surface area contributed by atoms with Crippen LogP contribution in [0.2, 0.25) is 0 Å². The van der Waals surface area contributed by atoms with E-state index in [0.717, 1.165) is 21.6 Å². The number of thiophene rings is 1. The number of nitrogens with zero attached hydrogens (tertiary/aromatic N) is 3. The molecule has 0 fully saturated rings. The van der Waals surface area contributed by atoms with Gasteiger partial charge in [-0.1, -0.05) is 0 Å². The van der Waals surface area contributed by atoms with E-state index in [1.54, 1.807) is 11.3 Å². The van der Waals surface area contributed by atoms with E-state index in [1.807, 2.05) is 25.8 Å². The summed E-state index contributed by atoms with van der Waals surface area (Å²) in [6.45, 7) is 6.09. The van der Waals surface area contributed by atoms with Crippen molar-refractivity contribution in [1.82, 2.24) is 9.97 Å². The van der Waals surface area contributed by atoms with E-state index in [4.69, 9.17) is 0 Å². The monoisotopic (exact) mass is 358 g/mol. The number of hydrogen-bond donors (Lipinski definition) is 1. The SMILES string of the molecule is Cc1nc(N(C)CC(=O)Nc2ccc(F)cc2)c2c(C)c(C)sc2n1. The molecule has 3 rings (SSSR count). The van der Waals surface area contributed by atoms with Gasteiger partial charge in [-0.2, -0.15) is 0 Å². The van der Waals surface area contributed by atoms with Crippen molar-refractivity contribution >= 4 is 39.0 Å². The van der Waals surface area contributed by atoms with Crippen LogP contribution in [0.4, 0.5) is 15.9 Å². The highest BCUT2D eigenvalue weighted by atomic mass is 32.1. The third-order valence-electron chi connectivity index (χ3n) is 3.99. The Morgan fingerprint density at radius 1 is 1.20 bits per heavy atom. The lowest BCUT2D eigenvalue weighted by atomic mass is 10.2. The highest BCUT2D eigenvalue weighted by Gasteiger charge is 2.18. The fourth-order valence-electron chi connectivity index (χ4n) is 2.63. The quantitative estimate of drug-likeness (QED) is 0.770. The average molecular weight is 358 g/mol. The van der Waals surface area contributed by atoms with Crippen LogP contribution in [-0.2, 0) is 4.79 Å². The molecule has 0 saturated heterocycles. The molecular weight excluding hydrogens is 339 g/mol. The molecule has 0 aliphatic heterocycles. The van der Waals surface area contributed by atoms with Crippen molar-refractivity contribution in [2.75, 3.05) is 23.8 Å². The van der Waals surface area contributed by atoms with Crippen LogP contribution in [-0.4, -0.2) is 29.5 Å². The molecule has 0 spiro atoms. The van der Waals surface area contributed by atoms with E-state index in [1.165, 1.54) is 29.1 Å². The van der Waals surface area contributed by atoms with E-state index < -0.39 is 0 Å². The topological polar surface area (TPSA) is 58.1 Å². The Balaban J connectivity index is 1.83. The minimum atomic E-state index is -0.336. The third-order valence-corrected chi connectivity index (χ3v) is 5.09. The molecule has 0 atom stereocenters. The van der Waals surface area contributed by atoms with Gasteiger partial charge in [0.05, 0.1) is 11.9 Å². The number of nitrogens with one attached hydrogen (secondary N) is 1. The van der Waals surface area contributed by atoms with Gasteiger partial charge in [-0.25, -0.2) is 14.4 Å². The first-order chi connectivity index (χ1) is 11.8. The van der Waals surface area contributed by atoms with Crippen LogP contribution >= 0.6 is 11.3 Å². The molecule has 130 valence electrons. The number of likely N-dealkylation sites (N-methyl/N-ethyl adjacent to an activating group) is 1. The molecule has 0 bridgehead atoms. The zero-order valence-corrected chi connectivity index (χ0v) is 15.4. The summed E-state index contributed by atoms with van der Waals surface area (Å²) in [4.78, 5) is 25.3. The Labute approximate surface area is 149 Å². The van der Waals surface area contributed by atoms with Crippen molar-refractivity contribution in [3.05, 3.63) is 46.3 Å². The summed E-state index contributed by atoms with van der Waals surface area (Å²) in [6, 6.07) is 5.70. The molecule has 2 aromatic heterocycles. The van der Waals surface area contributed by atoms with Crippen molar-refractivity contribution in [3.63, 3.8) is 0 Å². The van der Waals surface area contributed by atoms with Crippen LogP contribution in [0.25, 0.3) is 10.2 Å². The molecule has 0 aliphatic carbocycles. The Bertz CT molecular complexity index is 936. The van der Waals surface area contributed by atoms with E-state index in [9.17, 15) is 9.18 Å². The van der Waals surface area contributed by atoms with Crippen LogP contribution in [0.15, 0.2) is 24.3 Å². The Hall–Kier alpha value is -2.54. The van der Waals surface area contributed by atoms with Crippen molar-refractivity contribution in [1.29, 1.82) is 0 Å². The minimum absolute atomic E-state index is 0.136. The number of carbonyl (C=O) groups excluding carboxylic acids is 1. The van der Waals surface area contributed by atoms with E-state index >= 15 is 0 Å². The summed E-state index contributed by atoms with van der Waals surface area (Å²) in [5.41, 5.74) is 1.70. The van der Waals surface area contributed by atoms with E-state index in [-0.39, 0.29) is 18.3 Å². The summed E-state index contributed by atoms with van der Waals surface area (Å²) in [6.07, 6.45) is 0. The predicted octanol–water partition coefficient (Wildman–Crippen LogP) is 3.83. The molecule has 1 N–H and O–H groups in total. The predicted molar refractivity (Wildman–Crippen MR) is 99.9 cm³/mol. The molecule has 0 saturated carbocycles. The second-order valence-corrected chi connectivity index (χ2v) is 7.17. The van der Waals surface area contributed by atoms with Gasteiger partial charge in [0, 0.05) is 17.6 Å². The number of fused-ring (bicyclic) bond motifs is 1. The van der Waals surface area contributed by atoms with E-state index in [0.29, 0.717) is 11.5 Å². The highest BCUT2D eigenvalue weighted by Crippen LogP contribution is 2.34. The van der Waals surface area contributed by atoms with Crippen molar-refractivity contribution in [2.24, 2.45) is 0 Å². The van der Waals surface area contributed by atoms with Crippen LogP contribution in [0, 0.1) is 26.6 Å². The Morgan fingerprint density at radius 2 is 1.88 bits per heavy atom. The molecule has 1 amide bonds. The fourth-order valence-corrected chi connectivity index (χ4v) is 3.70. The number of aryl methyl sites for hydroxylation is 3. The second-order valence-electron chi connectivity index (χ2n) is 5.97. The third kappa shape index (κ3) is 3.61. The lowest BCUT2D eigenvalue weighted by Gasteiger charge is -2.19. The van der Waals surface area contributed by atoms with Gasteiger partial charge in [0.25, 0.3) is 0 Å². The zero-order valence-electron chi connectivity index (χ0n) is 14.6. The molecule has 1 aromatic carbocycles. The van der Waals surface area contributed by atoms with Crippen molar-refractivity contribution in [3.8, 4) is 0 Å². The minimum Gasteiger partial charge on any atom is -0.350 e. The number of anilines is 2. The van der Waals surface area contributed by atoms with Gasteiger partial charge in [0.1, 0.15) is 22.3 Å². The maximum atomic E-state index is 12.9. The first kappa shape index (κ1) is 17.3. The number of aromatic nitrogens is 2. The van der Waals surface area contributed by atoms with Gasteiger partial charge in [0.2, 0.25) is 5.91 Å². The summed E-state index contributed by atoms with van der Waals surface area (Å²) in [7, 11) is 1.83. The van der Waals surface area contributed by atoms with Gasteiger partial charge in [-0.05, 0) is 50.6 Å². The second kappa shape index (κ2) is 6.76. The number of rotatable bonds is 4. The number of hydrogen-bond acceptors (Lipinski definition) is 5. The van der Waals surface area contributed by atoms with Crippen LogP contribution < -0.4 is 10.2 Å². The molecule has 3 aromatic rings. The molecule has 0 unspecified atom stereocenters. The number of amides is 1. The van der Waals surface area contributed by atoms with Crippen molar-refractivity contribution in [2.45, 2.75) is 20.8 Å². The van der Waals surface area contributed by atoms with Crippen LogP contribution in [0.1, 0.15) is 16.3 Å². The zero-order chi connectivity index (χ0) is 18.1.